The van der Waals surface area contributed by atoms with E-state index in [0.29, 0.717) is 26.3 Å². The number of nitrogens with one attached hydrogen (secondary N) is 2. The first-order valence-corrected chi connectivity index (χ1v) is 8.99. The van der Waals surface area contributed by atoms with Crippen molar-refractivity contribution in [2.45, 2.75) is 18.4 Å². The third-order valence-electron chi connectivity index (χ3n) is 5.19. The molecule has 4 nitrogen and oxygen atoms in total. The molecule has 2 aromatic carbocycles. The van der Waals surface area contributed by atoms with Crippen molar-refractivity contribution in [1.29, 1.82) is 0 Å². The number of hydrogen-bond acceptors (Lipinski definition) is 3. The van der Waals surface area contributed by atoms with Crippen LogP contribution in [0.25, 0.3) is 11.3 Å². The van der Waals surface area contributed by atoms with Gasteiger partial charge in [0.2, 0.25) is 0 Å². The van der Waals surface area contributed by atoms with Crippen LogP contribution in [0.2, 0.25) is 0 Å². The van der Waals surface area contributed by atoms with E-state index in [-0.39, 0.29) is 17.0 Å². The highest BCUT2D eigenvalue weighted by atomic mass is 19.1. The lowest BCUT2D eigenvalue weighted by molar-refractivity contribution is 0.176. The number of hydrogen-bond donors (Lipinski definition) is 2. The van der Waals surface area contributed by atoms with Crippen molar-refractivity contribution in [3.05, 3.63) is 77.5 Å². The van der Waals surface area contributed by atoms with Crippen LogP contribution >= 0.6 is 0 Å². The highest BCUT2D eigenvalue weighted by Gasteiger charge is 2.36. The Morgan fingerprint density at radius 2 is 1.74 bits per heavy atom. The number of nitrogens with zero attached hydrogens (tertiary/aromatic N) is 1. The van der Waals surface area contributed by atoms with Gasteiger partial charge in [0.1, 0.15) is 11.6 Å². The van der Waals surface area contributed by atoms with Crippen LogP contribution in [0.5, 0.6) is 0 Å². The van der Waals surface area contributed by atoms with Crippen LogP contribution in [0.1, 0.15) is 17.5 Å². The fourth-order valence-corrected chi connectivity index (χ4v) is 3.63. The van der Waals surface area contributed by atoms with Crippen molar-refractivity contribution in [2.75, 3.05) is 19.8 Å². The summed E-state index contributed by atoms with van der Waals surface area (Å²) in [5.74, 6) is -0.497. The van der Waals surface area contributed by atoms with Gasteiger partial charge in [-0.1, -0.05) is 12.1 Å². The summed E-state index contributed by atoms with van der Waals surface area (Å²) in [6.07, 6.45) is 2.67. The monoisotopic (exact) mass is 369 g/mol. The second kappa shape index (κ2) is 7.58. The number of H-pyrrole nitrogens is 1. The summed E-state index contributed by atoms with van der Waals surface area (Å²) in [4.78, 5) is 0. The standard InChI is InChI=1S/C21H21F2N3O/c22-18-5-1-15(2-6-18)20-16(12-25-26-20)11-24-13-21(9-10-27-14-21)17-3-7-19(23)8-4-17/h1-8,12,24H,9-11,13-14H2,(H,25,26)/t21-/m0/s1. The average molecular weight is 369 g/mol. The van der Waals surface area contributed by atoms with Gasteiger partial charge in [0.25, 0.3) is 0 Å². The second-order valence-electron chi connectivity index (χ2n) is 6.97. The summed E-state index contributed by atoms with van der Waals surface area (Å²) in [6, 6.07) is 13.0. The Hall–Kier alpha value is -2.57. The van der Waals surface area contributed by atoms with Gasteiger partial charge in [-0.25, -0.2) is 8.78 Å². The lowest BCUT2D eigenvalue weighted by atomic mass is 9.79. The van der Waals surface area contributed by atoms with E-state index in [0.717, 1.165) is 28.8 Å². The van der Waals surface area contributed by atoms with Crippen LogP contribution in [0.3, 0.4) is 0 Å². The van der Waals surface area contributed by atoms with Crippen molar-refractivity contribution in [1.82, 2.24) is 15.5 Å². The fourth-order valence-electron chi connectivity index (χ4n) is 3.63. The van der Waals surface area contributed by atoms with Crippen molar-refractivity contribution in [3.8, 4) is 11.3 Å². The zero-order chi connectivity index (χ0) is 18.7. The Bertz CT molecular complexity index is 885. The molecule has 0 amide bonds. The van der Waals surface area contributed by atoms with Crippen LogP contribution in [0.4, 0.5) is 8.78 Å². The van der Waals surface area contributed by atoms with E-state index in [9.17, 15) is 8.78 Å². The lowest BCUT2D eigenvalue weighted by Crippen LogP contribution is -2.38. The lowest BCUT2D eigenvalue weighted by Gasteiger charge is -2.28. The molecule has 140 valence electrons. The van der Waals surface area contributed by atoms with Gasteiger partial charge >= 0.3 is 0 Å². The predicted molar refractivity (Wildman–Crippen MR) is 99.2 cm³/mol. The number of aromatic nitrogens is 2. The Kier molecular flexibility index (Phi) is 5.01. The van der Waals surface area contributed by atoms with Crippen molar-refractivity contribution < 1.29 is 13.5 Å². The predicted octanol–water partition coefficient (Wildman–Crippen LogP) is 3.80. The minimum absolute atomic E-state index is 0.159. The zero-order valence-electron chi connectivity index (χ0n) is 14.8. The minimum atomic E-state index is -0.264. The van der Waals surface area contributed by atoms with Crippen LogP contribution in [0, 0.1) is 11.6 Å². The molecule has 2 heterocycles. The Morgan fingerprint density at radius 3 is 2.41 bits per heavy atom. The highest BCUT2D eigenvalue weighted by Crippen LogP contribution is 2.33. The maximum atomic E-state index is 13.3. The van der Waals surface area contributed by atoms with Crippen molar-refractivity contribution in [3.63, 3.8) is 0 Å². The summed E-state index contributed by atoms with van der Waals surface area (Å²) in [5.41, 5.74) is 3.70. The van der Waals surface area contributed by atoms with Gasteiger partial charge in [0, 0.05) is 36.2 Å². The van der Waals surface area contributed by atoms with E-state index < -0.39 is 0 Å². The molecule has 1 aromatic heterocycles. The first kappa shape index (κ1) is 17.8. The molecule has 0 bridgehead atoms. The third-order valence-corrected chi connectivity index (χ3v) is 5.19. The van der Waals surface area contributed by atoms with Crippen molar-refractivity contribution in [2.24, 2.45) is 0 Å². The molecule has 27 heavy (non-hydrogen) atoms. The molecule has 3 aromatic rings. The molecule has 0 unspecified atom stereocenters. The summed E-state index contributed by atoms with van der Waals surface area (Å²) in [6.45, 7) is 2.65. The molecular formula is C21H21F2N3O. The zero-order valence-corrected chi connectivity index (χ0v) is 14.8. The molecule has 1 atom stereocenters. The maximum absolute atomic E-state index is 13.3. The second-order valence-corrected chi connectivity index (χ2v) is 6.97. The maximum Gasteiger partial charge on any atom is 0.123 e. The summed E-state index contributed by atoms with van der Waals surface area (Å²) in [5, 5.41) is 10.6. The van der Waals surface area contributed by atoms with Gasteiger partial charge in [0.05, 0.1) is 18.5 Å². The summed E-state index contributed by atoms with van der Waals surface area (Å²) >= 11 is 0. The molecule has 2 N–H and O–H groups in total. The summed E-state index contributed by atoms with van der Waals surface area (Å²) < 4.78 is 32.1. The quantitative estimate of drug-likeness (QED) is 0.695. The first-order valence-electron chi connectivity index (χ1n) is 8.99. The Balaban J connectivity index is 1.47. The number of ether oxygens (including phenoxy) is 1. The van der Waals surface area contributed by atoms with Gasteiger partial charge in [-0.05, 0) is 48.4 Å². The number of aromatic amines is 1. The molecule has 0 aliphatic carbocycles. The van der Waals surface area contributed by atoms with Gasteiger partial charge in [-0.15, -0.1) is 0 Å². The molecule has 0 spiro atoms. The van der Waals surface area contributed by atoms with E-state index in [1.165, 1.54) is 24.3 Å². The highest BCUT2D eigenvalue weighted by molar-refractivity contribution is 5.62. The molecule has 0 radical (unpaired) electrons. The molecule has 1 saturated heterocycles. The van der Waals surface area contributed by atoms with E-state index >= 15 is 0 Å². The molecule has 0 saturated carbocycles. The first-order chi connectivity index (χ1) is 13.2. The number of rotatable bonds is 6. The Labute approximate surface area is 156 Å². The topological polar surface area (TPSA) is 49.9 Å². The van der Waals surface area contributed by atoms with Gasteiger partial charge < -0.3 is 10.1 Å². The van der Waals surface area contributed by atoms with Crippen molar-refractivity contribution >= 4 is 0 Å². The fraction of sp³-hybridized carbons (Fsp3) is 0.286. The molecule has 4 rings (SSSR count). The van der Waals surface area contributed by atoms with E-state index in [2.05, 4.69) is 15.5 Å². The van der Waals surface area contributed by atoms with Crippen LogP contribution in [0.15, 0.2) is 54.7 Å². The van der Waals surface area contributed by atoms with Crippen LogP contribution in [-0.2, 0) is 16.7 Å². The average Bonchev–Trinajstić information content (AvgIpc) is 3.34. The molecule has 1 fully saturated rings. The van der Waals surface area contributed by atoms with Crippen LogP contribution < -0.4 is 5.32 Å². The van der Waals surface area contributed by atoms with E-state index in [1.807, 2.05) is 12.1 Å². The summed E-state index contributed by atoms with van der Waals surface area (Å²) in [7, 11) is 0. The van der Waals surface area contributed by atoms with Crippen LogP contribution in [-0.4, -0.2) is 30.0 Å². The Morgan fingerprint density at radius 1 is 1.04 bits per heavy atom. The molecular weight excluding hydrogens is 348 g/mol. The number of halogens is 2. The molecule has 1 aliphatic rings. The normalized spacial score (nSPS) is 19.5. The largest absolute Gasteiger partial charge is 0.380 e. The van der Waals surface area contributed by atoms with E-state index in [4.69, 9.17) is 4.74 Å². The van der Waals surface area contributed by atoms with E-state index in [1.54, 1.807) is 18.3 Å². The SMILES string of the molecule is Fc1ccc(-c2[nH]ncc2CNC[C@@]2(c3ccc(F)cc3)CCOC2)cc1. The molecule has 6 heteroatoms. The molecule has 1 aliphatic heterocycles. The smallest absolute Gasteiger partial charge is 0.123 e. The van der Waals surface area contributed by atoms with Gasteiger partial charge in [-0.3, -0.25) is 5.10 Å². The minimum Gasteiger partial charge on any atom is -0.380 e. The number of benzene rings is 2. The third kappa shape index (κ3) is 3.77. The van der Waals surface area contributed by atoms with Gasteiger partial charge in [0.15, 0.2) is 0 Å². The van der Waals surface area contributed by atoms with Gasteiger partial charge in [-0.2, -0.15) is 5.10 Å².